The molecule has 0 spiro atoms. The van der Waals surface area contributed by atoms with Gasteiger partial charge in [-0.2, -0.15) is 0 Å². The molecule has 0 atom stereocenters. The lowest BCUT2D eigenvalue weighted by Gasteiger charge is -2.29. The van der Waals surface area contributed by atoms with Crippen LogP contribution in [0.25, 0.3) is 0 Å². The fourth-order valence-electron chi connectivity index (χ4n) is 2.68. The molecule has 19 heavy (non-hydrogen) atoms. The van der Waals surface area contributed by atoms with Gasteiger partial charge in [-0.3, -0.25) is 4.79 Å². The molecule has 1 aliphatic carbocycles. The number of thiocarbonyl (C=S) groups is 1. The van der Waals surface area contributed by atoms with Crippen molar-refractivity contribution in [3.8, 4) is 0 Å². The van der Waals surface area contributed by atoms with Crippen molar-refractivity contribution in [2.75, 3.05) is 0 Å². The Morgan fingerprint density at radius 1 is 1.32 bits per heavy atom. The molecule has 3 N–H and O–H groups in total. The highest BCUT2D eigenvalue weighted by Crippen LogP contribution is 2.30. The molecule has 4 heteroatoms. The second-order valence-corrected chi connectivity index (χ2v) is 5.87. The Morgan fingerprint density at radius 2 is 1.95 bits per heavy atom. The zero-order valence-corrected chi connectivity index (χ0v) is 12.3. The Morgan fingerprint density at radius 3 is 2.53 bits per heavy atom. The number of hydrogen-bond acceptors (Lipinski definition) is 2. The molecule has 102 valence electrons. The van der Waals surface area contributed by atoms with E-state index < -0.39 is 5.54 Å². The smallest absolute Gasteiger partial charge is 0.252 e. The predicted octanol–water partition coefficient (Wildman–Crippen LogP) is 2.63. The number of aryl methyl sites for hydroxylation is 2. The Labute approximate surface area is 119 Å². The SMILES string of the molecule is Cc1ccc(C)c(C(=O)NC2(C(N)=S)CCCC2)c1. The normalized spacial score (nSPS) is 17.2. The molecule has 0 saturated heterocycles. The molecule has 0 radical (unpaired) electrons. The topological polar surface area (TPSA) is 55.1 Å². The summed E-state index contributed by atoms with van der Waals surface area (Å²) in [5, 5.41) is 3.07. The molecule has 1 fully saturated rings. The zero-order valence-electron chi connectivity index (χ0n) is 11.5. The van der Waals surface area contributed by atoms with Crippen molar-refractivity contribution >= 4 is 23.1 Å². The first kappa shape index (κ1) is 14.0. The van der Waals surface area contributed by atoms with Crippen LogP contribution in [-0.4, -0.2) is 16.4 Å². The molecule has 1 aromatic rings. The van der Waals surface area contributed by atoms with Crippen molar-refractivity contribution in [1.82, 2.24) is 5.32 Å². The van der Waals surface area contributed by atoms with Crippen LogP contribution in [0.4, 0.5) is 0 Å². The number of nitrogens with two attached hydrogens (primary N) is 1. The maximum Gasteiger partial charge on any atom is 0.252 e. The van der Waals surface area contributed by atoms with Gasteiger partial charge in [-0.15, -0.1) is 0 Å². The largest absolute Gasteiger partial charge is 0.391 e. The zero-order chi connectivity index (χ0) is 14.0. The third-order valence-electron chi connectivity index (χ3n) is 3.92. The summed E-state index contributed by atoms with van der Waals surface area (Å²) < 4.78 is 0. The monoisotopic (exact) mass is 276 g/mol. The quantitative estimate of drug-likeness (QED) is 0.834. The first-order chi connectivity index (χ1) is 8.94. The minimum Gasteiger partial charge on any atom is -0.391 e. The van der Waals surface area contributed by atoms with E-state index in [2.05, 4.69) is 5.32 Å². The molecule has 0 aliphatic heterocycles. The van der Waals surface area contributed by atoms with Crippen molar-refractivity contribution in [1.29, 1.82) is 0 Å². The van der Waals surface area contributed by atoms with E-state index in [-0.39, 0.29) is 5.91 Å². The van der Waals surface area contributed by atoms with Gasteiger partial charge < -0.3 is 11.1 Å². The van der Waals surface area contributed by atoms with E-state index in [0.717, 1.165) is 36.8 Å². The van der Waals surface area contributed by atoms with Crippen LogP contribution in [0.15, 0.2) is 18.2 Å². The average Bonchev–Trinajstić information content (AvgIpc) is 2.82. The molecule has 3 nitrogen and oxygen atoms in total. The summed E-state index contributed by atoms with van der Waals surface area (Å²) in [5.41, 5.74) is 8.12. The fraction of sp³-hybridized carbons (Fsp3) is 0.467. The van der Waals surface area contributed by atoms with Gasteiger partial charge in [0.15, 0.2) is 0 Å². The van der Waals surface area contributed by atoms with E-state index in [4.69, 9.17) is 18.0 Å². The molecule has 0 heterocycles. The lowest BCUT2D eigenvalue weighted by molar-refractivity contribution is 0.0924. The Balaban J connectivity index is 2.25. The molecule has 2 rings (SSSR count). The van der Waals surface area contributed by atoms with Gasteiger partial charge in [0.05, 0.1) is 10.5 Å². The first-order valence-corrected chi connectivity index (χ1v) is 7.05. The van der Waals surface area contributed by atoms with Crippen LogP contribution in [0, 0.1) is 13.8 Å². The molecule has 0 bridgehead atoms. The highest BCUT2D eigenvalue weighted by Gasteiger charge is 2.38. The van der Waals surface area contributed by atoms with Gasteiger partial charge in [0.1, 0.15) is 0 Å². The summed E-state index contributed by atoms with van der Waals surface area (Å²) in [4.78, 5) is 12.9. The van der Waals surface area contributed by atoms with Crippen LogP contribution in [0.3, 0.4) is 0 Å². The predicted molar refractivity (Wildman–Crippen MR) is 81.4 cm³/mol. The van der Waals surface area contributed by atoms with Crippen LogP contribution >= 0.6 is 12.2 Å². The molecule has 0 unspecified atom stereocenters. The summed E-state index contributed by atoms with van der Waals surface area (Å²) in [6, 6.07) is 5.88. The number of amides is 1. The van der Waals surface area contributed by atoms with Gasteiger partial charge in [0, 0.05) is 5.56 Å². The highest BCUT2D eigenvalue weighted by atomic mass is 32.1. The maximum atomic E-state index is 12.5. The van der Waals surface area contributed by atoms with Gasteiger partial charge in [-0.05, 0) is 38.3 Å². The van der Waals surface area contributed by atoms with Crippen LogP contribution < -0.4 is 11.1 Å². The summed E-state index contributed by atoms with van der Waals surface area (Å²) in [6.45, 7) is 3.92. The van der Waals surface area contributed by atoms with Gasteiger partial charge >= 0.3 is 0 Å². The maximum absolute atomic E-state index is 12.5. The van der Waals surface area contributed by atoms with Crippen LogP contribution in [0.5, 0.6) is 0 Å². The van der Waals surface area contributed by atoms with Crippen LogP contribution in [0.2, 0.25) is 0 Å². The molecular weight excluding hydrogens is 256 g/mol. The average molecular weight is 276 g/mol. The molecule has 1 amide bonds. The van der Waals surface area contributed by atoms with Crippen molar-refractivity contribution < 1.29 is 4.79 Å². The van der Waals surface area contributed by atoms with Crippen molar-refractivity contribution in [2.24, 2.45) is 5.73 Å². The number of rotatable bonds is 3. The number of hydrogen-bond donors (Lipinski definition) is 2. The molecular formula is C15H20N2OS. The third-order valence-corrected chi connectivity index (χ3v) is 4.31. The number of carbonyl (C=O) groups excluding carboxylic acids is 1. The Kier molecular flexibility index (Phi) is 3.90. The summed E-state index contributed by atoms with van der Waals surface area (Å²) in [5.74, 6) is -0.0732. The Bertz CT molecular complexity index is 519. The van der Waals surface area contributed by atoms with Crippen molar-refractivity contribution in [3.63, 3.8) is 0 Å². The lowest BCUT2D eigenvalue weighted by atomic mass is 9.96. The van der Waals surface area contributed by atoms with E-state index in [1.54, 1.807) is 0 Å². The molecule has 1 aromatic carbocycles. The molecule has 1 saturated carbocycles. The number of nitrogens with one attached hydrogen (secondary N) is 1. The standard InChI is InChI=1S/C15H20N2OS/c1-10-5-6-11(2)12(9-10)13(18)17-15(14(16)19)7-3-4-8-15/h5-6,9H,3-4,7-8H2,1-2H3,(H2,16,19)(H,17,18). The fourth-order valence-corrected chi connectivity index (χ4v) is 2.93. The van der Waals surface area contributed by atoms with Gasteiger partial charge in [0.25, 0.3) is 5.91 Å². The van der Waals surface area contributed by atoms with E-state index in [1.165, 1.54) is 0 Å². The molecule has 1 aliphatic rings. The first-order valence-electron chi connectivity index (χ1n) is 6.64. The third kappa shape index (κ3) is 2.78. The summed E-state index contributed by atoms with van der Waals surface area (Å²) in [7, 11) is 0. The second kappa shape index (κ2) is 5.29. The Hall–Kier alpha value is -1.42. The van der Waals surface area contributed by atoms with E-state index in [1.807, 2.05) is 32.0 Å². The van der Waals surface area contributed by atoms with Crippen LogP contribution in [0.1, 0.15) is 47.2 Å². The summed E-state index contributed by atoms with van der Waals surface area (Å²) >= 11 is 5.16. The summed E-state index contributed by atoms with van der Waals surface area (Å²) in [6.07, 6.45) is 3.81. The number of carbonyl (C=O) groups is 1. The van der Waals surface area contributed by atoms with E-state index >= 15 is 0 Å². The molecule has 0 aromatic heterocycles. The van der Waals surface area contributed by atoms with Crippen molar-refractivity contribution in [2.45, 2.75) is 45.1 Å². The van der Waals surface area contributed by atoms with Crippen molar-refractivity contribution in [3.05, 3.63) is 34.9 Å². The minimum absolute atomic E-state index is 0.0732. The minimum atomic E-state index is -0.484. The van der Waals surface area contributed by atoms with Crippen LogP contribution in [-0.2, 0) is 0 Å². The van der Waals surface area contributed by atoms with Gasteiger partial charge in [-0.25, -0.2) is 0 Å². The second-order valence-electron chi connectivity index (χ2n) is 5.43. The highest BCUT2D eigenvalue weighted by molar-refractivity contribution is 7.80. The lowest BCUT2D eigenvalue weighted by Crippen LogP contribution is -2.54. The van der Waals surface area contributed by atoms with Gasteiger partial charge in [-0.1, -0.05) is 42.8 Å². The van der Waals surface area contributed by atoms with E-state index in [9.17, 15) is 4.79 Å². The van der Waals surface area contributed by atoms with E-state index in [0.29, 0.717) is 10.6 Å². The van der Waals surface area contributed by atoms with Gasteiger partial charge in [0.2, 0.25) is 0 Å². The number of benzene rings is 1.